The number of piperazine rings is 1. The van der Waals surface area contributed by atoms with Gasteiger partial charge in [0.05, 0.1) is 0 Å². The Bertz CT molecular complexity index is 782. The predicted molar refractivity (Wildman–Crippen MR) is 137 cm³/mol. The Kier molecular flexibility index (Phi) is 8.34. The summed E-state index contributed by atoms with van der Waals surface area (Å²) in [5, 5.41) is 4.05. The van der Waals surface area contributed by atoms with Crippen LogP contribution in [-0.4, -0.2) is 50.1 Å². The quantitative estimate of drug-likeness (QED) is 0.564. The minimum absolute atomic E-state index is 0. The minimum Gasteiger partial charge on any atom is -0.369 e. The molecule has 5 aliphatic rings. The first-order valence-electron chi connectivity index (χ1n) is 11.9. The number of carbonyl (C=O) groups is 1. The highest BCUT2D eigenvalue weighted by Crippen LogP contribution is 2.66. The Morgan fingerprint density at radius 2 is 1.78 bits per heavy atom. The van der Waals surface area contributed by atoms with Crippen LogP contribution in [0.3, 0.4) is 0 Å². The van der Waals surface area contributed by atoms with E-state index in [0.29, 0.717) is 10.8 Å². The average Bonchev–Trinajstić information content (AvgIpc) is 2.66. The fraction of sp³-hybridized carbons (Fsp3) is 0.720. The van der Waals surface area contributed by atoms with Crippen LogP contribution in [0.4, 0.5) is 5.69 Å². The maximum atomic E-state index is 12.8. The van der Waals surface area contributed by atoms with Gasteiger partial charge in [-0.05, 0) is 79.4 Å². The van der Waals surface area contributed by atoms with Gasteiger partial charge in [0.15, 0.2) is 0 Å². The SMILES string of the molecule is CC12C[C@H]3C[C@@H](C1)CC(CC(=O)NCCN1CCN(c4cccc(Cl)c4)CC1)(C3)C2.Cl.Cl. The molecule has 6 rings (SSSR count). The molecule has 4 aliphatic carbocycles. The van der Waals surface area contributed by atoms with Crippen LogP contribution in [0.2, 0.25) is 5.02 Å². The second kappa shape index (κ2) is 10.3. The summed E-state index contributed by atoms with van der Waals surface area (Å²) >= 11 is 6.13. The van der Waals surface area contributed by atoms with Crippen molar-refractivity contribution in [3.63, 3.8) is 0 Å². The van der Waals surface area contributed by atoms with Crippen molar-refractivity contribution in [1.82, 2.24) is 10.2 Å². The van der Waals surface area contributed by atoms with E-state index in [4.69, 9.17) is 11.6 Å². The summed E-state index contributed by atoms with van der Waals surface area (Å²) < 4.78 is 0. The molecule has 180 valence electrons. The number of nitrogens with one attached hydrogen (secondary N) is 1. The molecule has 1 aliphatic heterocycles. The molecule has 1 N–H and O–H groups in total. The van der Waals surface area contributed by atoms with Gasteiger partial charge >= 0.3 is 0 Å². The van der Waals surface area contributed by atoms with E-state index in [9.17, 15) is 4.79 Å². The lowest BCUT2D eigenvalue weighted by Gasteiger charge is -2.61. The lowest BCUT2D eigenvalue weighted by atomic mass is 9.44. The number of hydrogen-bond donors (Lipinski definition) is 1. The Morgan fingerprint density at radius 3 is 2.41 bits per heavy atom. The molecule has 0 aromatic heterocycles. The topological polar surface area (TPSA) is 35.6 Å². The number of benzene rings is 1. The number of nitrogens with zero attached hydrogens (tertiary/aromatic N) is 2. The van der Waals surface area contributed by atoms with E-state index in [2.05, 4.69) is 28.1 Å². The highest BCUT2D eigenvalue weighted by Gasteiger charge is 2.56. The number of rotatable bonds is 6. The third-order valence-corrected chi connectivity index (χ3v) is 8.54. The molecule has 4 atom stereocenters. The molecule has 1 heterocycles. The van der Waals surface area contributed by atoms with E-state index in [0.717, 1.165) is 62.5 Å². The second-order valence-corrected chi connectivity index (χ2v) is 11.5. The van der Waals surface area contributed by atoms with Crippen molar-refractivity contribution in [1.29, 1.82) is 0 Å². The van der Waals surface area contributed by atoms with Crippen LogP contribution in [-0.2, 0) is 4.79 Å². The van der Waals surface area contributed by atoms with Gasteiger partial charge in [0.1, 0.15) is 0 Å². The molecule has 1 aromatic rings. The number of halogens is 3. The van der Waals surface area contributed by atoms with E-state index < -0.39 is 0 Å². The Hall–Kier alpha value is -0.680. The Morgan fingerprint density at radius 1 is 1.09 bits per heavy atom. The van der Waals surface area contributed by atoms with Crippen molar-refractivity contribution in [3.8, 4) is 0 Å². The Balaban J connectivity index is 0.00000144. The molecule has 0 radical (unpaired) electrons. The van der Waals surface area contributed by atoms with Crippen LogP contribution in [0.15, 0.2) is 24.3 Å². The van der Waals surface area contributed by atoms with E-state index in [1.54, 1.807) is 0 Å². The van der Waals surface area contributed by atoms with Crippen molar-refractivity contribution in [2.24, 2.45) is 22.7 Å². The molecule has 1 aromatic carbocycles. The largest absolute Gasteiger partial charge is 0.369 e. The maximum absolute atomic E-state index is 12.8. The van der Waals surface area contributed by atoms with Crippen LogP contribution >= 0.6 is 36.4 Å². The molecule has 2 unspecified atom stereocenters. The van der Waals surface area contributed by atoms with Crippen LogP contribution in [0.25, 0.3) is 0 Å². The first-order valence-corrected chi connectivity index (χ1v) is 12.3. The monoisotopic (exact) mass is 501 g/mol. The molecule has 0 spiro atoms. The molecular formula is C25H38Cl3N3O. The summed E-state index contributed by atoms with van der Waals surface area (Å²) in [5.41, 5.74) is 2.04. The van der Waals surface area contributed by atoms with Crippen LogP contribution in [0.5, 0.6) is 0 Å². The van der Waals surface area contributed by atoms with Crippen molar-refractivity contribution in [3.05, 3.63) is 29.3 Å². The molecular weight excluding hydrogens is 465 g/mol. The smallest absolute Gasteiger partial charge is 0.220 e. The first-order chi connectivity index (χ1) is 14.4. The third kappa shape index (κ3) is 5.68. The Labute approximate surface area is 210 Å². The first kappa shape index (κ1) is 25.9. The van der Waals surface area contributed by atoms with Gasteiger partial charge in [0.25, 0.3) is 0 Å². The van der Waals surface area contributed by atoms with Crippen molar-refractivity contribution >= 4 is 48.0 Å². The number of amides is 1. The fourth-order valence-corrected chi connectivity index (χ4v) is 7.98. The van der Waals surface area contributed by atoms with E-state index in [-0.39, 0.29) is 30.7 Å². The minimum atomic E-state index is 0. The number of hydrogen-bond acceptors (Lipinski definition) is 3. The lowest BCUT2D eigenvalue weighted by Crippen LogP contribution is -2.52. The summed E-state index contributed by atoms with van der Waals surface area (Å²) in [6, 6.07) is 8.12. The normalized spacial score (nSPS) is 33.4. The van der Waals surface area contributed by atoms with Crippen LogP contribution in [0, 0.1) is 22.7 Å². The van der Waals surface area contributed by atoms with Gasteiger partial charge in [-0.15, -0.1) is 24.8 Å². The van der Waals surface area contributed by atoms with E-state index in [1.807, 2.05) is 18.2 Å². The zero-order valence-corrected chi connectivity index (χ0v) is 21.5. The molecule has 1 saturated heterocycles. The maximum Gasteiger partial charge on any atom is 0.220 e. The zero-order valence-electron chi connectivity index (χ0n) is 19.2. The molecule has 5 fully saturated rings. The molecule has 32 heavy (non-hydrogen) atoms. The molecule has 7 heteroatoms. The van der Waals surface area contributed by atoms with Gasteiger partial charge in [-0.1, -0.05) is 24.6 Å². The van der Waals surface area contributed by atoms with Crippen LogP contribution < -0.4 is 10.2 Å². The van der Waals surface area contributed by atoms with Gasteiger partial charge in [0, 0.05) is 56.4 Å². The van der Waals surface area contributed by atoms with Gasteiger partial charge < -0.3 is 10.2 Å². The molecule has 4 nitrogen and oxygen atoms in total. The molecule has 4 saturated carbocycles. The van der Waals surface area contributed by atoms with Gasteiger partial charge in [-0.3, -0.25) is 9.69 Å². The number of carbonyl (C=O) groups excluding carboxylic acids is 1. The second-order valence-electron chi connectivity index (χ2n) is 11.1. The molecule has 1 amide bonds. The average molecular weight is 503 g/mol. The van der Waals surface area contributed by atoms with Crippen LogP contribution in [0.1, 0.15) is 51.9 Å². The highest BCUT2D eigenvalue weighted by atomic mass is 35.5. The van der Waals surface area contributed by atoms with Gasteiger partial charge in [-0.25, -0.2) is 0 Å². The zero-order chi connectivity index (χ0) is 20.8. The molecule has 4 bridgehead atoms. The lowest BCUT2D eigenvalue weighted by molar-refractivity contribution is -0.136. The summed E-state index contributed by atoms with van der Waals surface area (Å²) in [4.78, 5) is 17.7. The summed E-state index contributed by atoms with van der Waals surface area (Å²) in [7, 11) is 0. The highest BCUT2D eigenvalue weighted by molar-refractivity contribution is 6.30. The summed E-state index contributed by atoms with van der Waals surface area (Å²) in [6.45, 7) is 8.31. The van der Waals surface area contributed by atoms with Crippen molar-refractivity contribution < 1.29 is 4.79 Å². The van der Waals surface area contributed by atoms with Crippen molar-refractivity contribution in [2.45, 2.75) is 51.9 Å². The third-order valence-electron chi connectivity index (χ3n) is 8.31. The van der Waals surface area contributed by atoms with Gasteiger partial charge in [-0.2, -0.15) is 0 Å². The predicted octanol–water partition coefficient (Wildman–Crippen LogP) is 5.42. The number of anilines is 1. The van der Waals surface area contributed by atoms with E-state index in [1.165, 1.54) is 44.2 Å². The summed E-state index contributed by atoms with van der Waals surface area (Å²) in [6.07, 6.45) is 8.90. The summed E-state index contributed by atoms with van der Waals surface area (Å²) in [5.74, 6) is 2.07. The van der Waals surface area contributed by atoms with Crippen molar-refractivity contribution in [2.75, 3.05) is 44.2 Å². The van der Waals surface area contributed by atoms with E-state index >= 15 is 0 Å². The fourth-order valence-electron chi connectivity index (χ4n) is 7.79. The van der Waals surface area contributed by atoms with Gasteiger partial charge in [0.2, 0.25) is 5.91 Å². The standard InChI is InChI=1S/C25H36ClN3O.2ClH/c1-24-13-19-11-20(14-24)16-25(15-19,18-24)17-23(30)27-5-6-28-7-9-29(10-8-28)22-4-2-3-21(26)12-22;;/h2-4,12,19-20H,5-11,13-18H2,1H3,(H,27,30);2*1H/t19-,20+,24?,25?;;.